The molecule has 3 rings (SSSR count). The van der Waals surface area contributed by atoms with Crippen LogP contribution in [0.1, 0.15) is 58.1 Å². The van der Waals surface area contributed by atoms with Gasteiger partial charge in [-0.2, -0.15) is 0 Å². The van der Waals surface area contributed by atoms with Gasteiger partial charge in [0.1, 0.15) is 24.2 Å². The van der Waals surface area contributed by atoms with E-state index in [0.717, 1.165) is 16.5 Å². The molecule has 50 heavy (non-hydrogen) atoms. The van der Waals surface area contributed by atoms with E-state index < -0.39 is 78.1 Å². The molecule has 14 heteroatoms. The molecule has 1 aromatic heterocycles. The second-order valence-electron chi connectivity index (χ2n) is 13.2. The Morgan fingerprint density at radius 2 is 1.32 bits per heavy atom. The number of aromatic amines is 1. The molecule has 0 aliphatic carbocycles. The molecule has 1 heterocycles. The fourth-order valence-corrected chi connectivity index (χ4v) is 5.52. The lowest BCUT2D eigenvalue weighted by Crippen LogP contribution is -2.59. The van der Waals surface area contributed by atoms with E-state index in [1.54, 1.807) is 20.0 Å². The standard InChI is InChI=1S/C36H48N6O8/c1-20(2)16-29(36(49)50)41-34(47)28(18-23-19-38-26-13-9-8-12-24(23)26)40-33(46)27(14-15-30(43)44)39-35(48)31(21(3)4)42-32(45)25(37)17-22-10-6-5-7-11-22/h5-13,19-21,25,27-29,31,38H,14-18,37H2,1-4H3,(H,39,48)(H,40,46)(H,41,47)(H,42,45)(H,43,44)(H,49,50)/t25-,27-,28-,29-,31-/m0/s1. The molecule has 0 aliphatic heterocycles. The van der Waals surface area contributed by atoms with Gasteiger partial charge in [0.25, 0.3) is 0 Å². The van der Waals surface area contributed by atoms with Crippen LogP contribution in [0.5, 0.6) is 0 Å². The summed E-state index contributed by atoms with van der Waals surface area (Å²) in [4.78, 5) is 80.6. The van der Waals surface area contributed by atoms with Crippen LogP contribution in [0.3, 0.4) is 0 Å². The van der Waals surface area contributed by atoms with E-state index in [0.29, 0.717) is 5.56 Å². The lowest BCUT2D eigenvalue weighted by Gasteiger charge is -2.28. The molecule has 14 nitrogen and oxygen atoms in total. The highest BCUT2D eigenvalue weighted by atomic mass is 16.4. The van der Waals surface area contributed by atoms with Crippen LogP contribution in [-0.4, -0.2) is 81.0 Å². The van der Waals surface area contributed by atoms with Gasteiger partial charge < -0.3 is 42.2 Å². The van der Waals surface area contributed by atoms with Crippen molar-refractivity contribution in [1.29, 1.82) is 0 Å². The van der Waals surface area contributed by atoms with Gasteiger partial charge in [-0.3, -0.25) is 24.0 Å². The molecule has 5 atom stereocenters. The molecular weight excluding hydrogens is 644 g/mol. The molecule has 9 N–H and O–H groups in total. The monoisotopic (exact) mass is 692 g/mol. The Bertz CT molecular complexity index is 1640. The lowest BCUT2D eigenvalue weighted by molar-refractivity contribution is -0.142. The first-order valence-corrected chi connectivity index (χ1v) is 16.7. The third-order valence-electron chi connectivity index (χ3n) is 8.22. The molecular formula is C36H48N6O8. The third-order valence-corrected chi connectivity index (χ3v) is 8.22. The Labute approximate surface area is 291 Å². The van der Waals surface area contributed by atoms with Gasteiger partial charge in [0.2, 0.25) is 23.6 Å². The zero-order valence-corrected chi connectivity index (χ0v) is 28.8. The Hall–Kier alpha value is -5.24. The lowest BCUT2D eigenvalue weighted by atomic mass is 9.99. The molecule has 0 bridgehead atoms. The van der Waals surface area contributed by atoms with Crippen molar-refractivity contribution in [2.75, 3.05) is 0 Å². The van der Waals surface area contributed by atoms with E-state index in [4.69, 9.17) is 5.73 Å². The highest BCUT2D eigenvalue weighted by Crippen LogP contribution is 2.20. The normalized spacial score (nSPS) is 14.3. The summed E-state index contributed by atoms with van der Waals surface area (Å²) >= 11 is 0. The molecule has 2 aromatic carbocycles. The number of rotatable bonds is 19. The number of nitrogens with two attached hydrogens (primary N) is 1. The Balaban J connectivity index is 1.84. The number of carbonyl (C=O) groups excluding carboxylic acids is 4. The smallest absolute Gasteiger partial charge is 0.326 e. The van der Waals surface area contributed by atoms with E-state index in [1.807, 2.05) is 68.4 Å². The average Bonchev–Trinajstić information content (AvgIpc) is 3.47. The molecule has 0 spiro atoms. The van der Waals surface area contributed by atoms with Crippen LogP contribution in [0.15, 0.2) is 60.8 Å². The number of carbonyl (C=O) groups is 6. The molecule has 0 radical (unpaired) electrons. The number of carboxylic acids is 2. The van der Waals surface area contributed by atoms with Crippen molar-refractivity contribution in [2.24, 2.45) is 17.6 Å². The fraction of sp³-hybridized carbons (Fsp3) is 0.444. The van der Waals surface area contributed by atoms with Crippen LogP contribution in [-0.2, 0) is 41.6 Å². The Morgan fingerprint density at radius 1 is 0.720 bits per heavy atom. The van der Waals surface area contributed by atoms with Gasteiger partial charge >= 0.3 is 11.9 Å². The fourth-order valence-electron chi connectivity index (χ4n) is 5.52. The van der Waals surface area contributed by atoms with Crippen LogP contribution in [0.25, 0.3) is 10.9 Å². The first-order valence-electron chi connectivity index (χ1n) is 16.7. The molecule has 270 valence electrons. The maximum Gasteiger partial charge on any atom is 0.326 e. The van der Waals surface area contributed by atoms with Crippen LogP contribution in [0.2, 0.25) is 0 Å². The van der Waals surface area contributed by atoms with Crippen LogP contribution in [0.4, 0.5) is 0 Å². The van der Waals surface area contributed by atoms with Crippen molar-refractivity contribution < 1.29 is 39.0 Å². The predicted octanol–water partition coefficient (Wildman–Crippen LogP) is 1.87. The predicted molar refractivity (Wildman–Crippen MR) is 187 cm³/mol. The van der Waals surface area contributed by atoms with Crippen molar-refractivity contribution >= 4 is 46.5 Å². The van der Waals surface area contributed by atoms with Gasteiger partial charge in [0.15, 0.2) is 0 Å². The van der Waals surface area contributed by atoms with Crippen molar-refractivity contribution in [3.8, 4) is 0 Å². The van der Waals surface area contributed by atoms with Gasteiger partial charge in [-0.1, -0.05) is 76.2 Å². The second-order valence-corrected chi connectivity index (χ2v) is 13.2. The molecule has 0 fully saturated rings. The summed E-state index contributed by atoms with van der Waals surface area (Å²) in [5, 5.41) is 30.3. The molecule has 3 aromatic rings. The van der Waals surface area contributed by atoms with E-state index in [2.05, 4.69) is 26.3 Å². The molecule has 0 unspecified atom stereocenters. The number of carboxylic acid groups (broad SMARTS) is 2. The number of hydrogen-bond acceptors (Lipinski definition) is 7. The number of nitrogens with one attached hydrogen (secondary N) is 5. The minimum Gasteiger partial charge on any atom is -0.481 e. The Kier molecular flexibility index (Phi) is 14.5. The molecule has 0 aliphatic rings. The number of hydrogen-bond donors (Lipinski definition) is 8. The Morgan fingerprint density at radius 3 is 1.94 bits per heavy atom. The number of aliphatic carboxylic acids is 2. The minimum absolute atomic E-state index is 0.0425. The summed E-state index contributed by atoms with van der Waals surface area (Å²) in [5.74, 6) is -5.91. The number of benzene rings is 2. The minimum atomic E-state index is -1.42. The number of aromatic nitrogens is 1. The van der Waals surface area contributed by atoms with Crippen molar-refractivity contribution in [3.63, 3.8) is 0 Å². The molecule has 4 amide bonds. The first-order chi connectivity index (χ1) is 23.7. The number of para-hydroxylation sites is 1. The van der Waals surface area contributed by atoms with Gasteiger partial charge in [-0.05, 0) is 48.3 Å². The highest BCUT2D eigenvalue weighted by Gasteiger charge is 2.33. The van der Waals surface area contributed by atoms with Gasteiger partial charge in [-0.25, -0.2) is 4.79 Å². The first kappa shape index (κ1) is 39.2. The summed E-state index contributed by atoms with van der Waals surface area (Å²) in [7, 11) is 0. The van der Waals surface area contributed by atoms with E-state index in [-0.39, 0.29) is 31.6 Å². The van der Waals surface area contributed by atoms with E-state index in [1.165, 1.54) is 0 Å². The summed E-state index contributed by atoms with van der Waals surface area (Å²) < 4.78 is 0. The number of amides is 4. The van der Waals surface area contributed by atoms with Crippen LogP contribution >= 0.6 is 0 Å². The van der Waals surface area contributed by atoms with Gasteiger partial charge in [0.05, 0.1) is 6.04 Å². The van der Waals surface area contributed by atoms with Crippen molar-refractivity contribution in [2.45, 2.75) is 90.0 Å². The van der Waals surface area contributed by atoms with Crippen molar-refractivity contribution in [3.05, 3.63) is 71.9 Å². The largest absolute Gasteiger partial charge is 0.481 e. The maximum absolute atomic E-state index is 13.8. The summed E-state index contributed by atoms with van der Waals surface area (Å²) in [6, 6.07) is 10.4. The summed E-state index contributed by atoms with van der Waals surface area (Å²) in [5.41, 5.74) is 8.41. The van der Waals surface area contributed by atoms with E-state index >= 15 is 0 Å². The van der Waals surface area contributed by atoms with Gasteiger partial charge in [-0.15, -0.1) is 0 Å². The SMILES string of the molecule is CC(C)C[C@H](NC(=O)[C@H](Cc1c[nH]c2ccccc12)NC(=O)[C@H](CCC(=O)O)NC(=O)[C@@H](NC(=O)[C@@H](N)Cc1ccccc1)C(C)C)C(=O)O. The molecule has 0 saturated carbocycles. The van der Waals surface area contributed by atoms with Crippen LogP contribution < -0.4 is 27.0 Å². The quantitative estimate of drug-likeness (QED) is 0.0915. The summed E-state index contributed by atoms with van der Waals surface area (Å²) in [6.07, 6.45) is 1.19. The summed E-state index contributed by atoms with van der Waals surface area (Å²) in [6.45, 7) is 7.01. The highest BCUT2D eigenvalue weighted by molar-refractivity contribution is 5.96. The zero-order chi connectivity index (χ0) is 37.0. The maximum atomic E-state index is 13.8. The zero-order valence-electron chi connectivity index (χ0n) is 28.8. The number of fused-ring (bicyclic) bond motifs is 1. The van der Waals surface area contributed by atoms with Gasteiger partial charge in [0, 0.05) is 29.9 Å². The van der Waals surface area contributed by atoms with E-state index in [9.17, 15) is 39.0 Å². The molecule has 0 saturated heterocycles. The second kappa shape index (κ2) is 18.5. The van der Waals surface area contributed by atoms with Crippen LogP contribution in [0, 0.1) is 11.8 Å². The third kappa shape index (κ3) is 11.7. The van der Waals surface area contributed by atoms with Crippen molar-refractivity contribution in [1.82, 2.24) is 26.3 Å². The number of H-pyrrole nitrogens is 1. The topological polar surface area (TPSA) is 233 Å². The average molecular weight is 693 g/mol.